The fourth-order valence-electron chi connectivity index (χ4n) is 1.79. The molecule has 0 unspecified atom stereocenters. The summed E-state index contributed by atoms with van der Waals surface area (Å²) >= 11 is 0. The Balaban J connectivity index is 2.85. The van der Waals surface area contributed by atoms with Crippen LogP contribution in [0.5, 0.6) is 0 Å². The van der Waals surface area contributed by atoms with E-state index in [1.165, 1.54) is 18.2 Å². The summed E-state index contributed by atoms with van der Waals surface area (Å²) in [5.41, 5.74) is -0.410. The fraction of sp³-hybridized carbons (Fsp3) is 0.462. The van der Waals surface area contributed by atoms with Crippen molar-refractivity contribution in [1.82, 2.24) is 0 Å². The van der Waals surface area contributed by atoms with Gasteiger partial charge in [0, 0.05) is 6.54 Å². The molecule has 19 heavy (non-hydrogen) atoms. The van der Waals surface area contributed by atoms with Gasteiger partial charge in [-0.05, 0) is 30.9 Å². The van der Waals surface area contributed by atoms with Gasteiger partial charge in [-0.3, -0.25) is 10.1 Å². The summed E-state index contributed by atoms with van der Waals surface area (Å²) in [6, 6.07) is 4.26. The first-order valence-corrected chi connectivity index (χ1v) is 6.18. The molecule has 0 aliphatic heterocycles. The van der Waals surface area contributed by atoms with Crippen LogP contribution >= 0.6 is 0 Å². The fourth-order valence-corrected chi connectivity index (χ4v) is 1.79. The van der Waals surface area contributed by atoms with Crippen molar-refractivity contribution in [2.24, 2.45) is 5.92 Å². The maximum atomic E-state index is 11.0. The number of aromatic carboxylic acids is 1. The van der Waals surface area contributed by atoms with E-state index in [0.29, 0.717) is 12.5 Å². The molecule has 2 N–H and O–H groups in total. The highest BCUT2D eigenvalue weighted by atomic mass is 16.6. The van der Waals surface area contributed by atoms with Crippen molar-refractivity contribution in [3.8, 4) is 0 Å². The summed E-state index contributed by atoms with van der Waals surface area (Å²) in [7, 11) is 0. The maximum absolute atomic E-state index is 11.0. The van der Waals surface area contributed by atoms with Gasteiger partial charge < -0.3 is 10.4 Å². The second-order valence-electron chi connectivity index (χ2n) is 4.73. The van der Waals surface area contributed by atoms with Crippen LogP contribution in [0.25, 0.3) is 0 Å². The van der Waals surface area contributed by atoms with Crippen LogP contribution in [0.2, 0.25) is 0 Å². The van der Waals surface area contributed by atoms with Gasteiger partial charge in [0.15, 0.2) is 0 Å². The average molecular weight is 266 g/mol. The largest absolute Gasteiger partial charge is 0.477 e. The molecule has 0 heterocycles. The molecule has 1 aromatic rings. The van der Waals surface area contributed by atoms with E-state index in [1.54, 1.807) is 0 Å². The van der Waals surface area contributed by atoms with Crippen LogP contribution in [0.4, 0.5) is 11.4 Å². The number of carboxylic acids is 1. The SMILES string of the molecule is CC(C)CCCNc1cccc(C(=O)O)c1[N+](=O)[O-]. The minimum Gasteiger partial charge on any atom is -0.477 e. The Morgan fingerprint density at radius 2 is 2.16 bits per heavy atom. The second-order valence-corrected chi connectivity index (χ2v) is 4.73. The van der Waals surface area contributed by atoms with Crippen molar-refractivity contribution in [2.45, 2.75) is 26.7 Å². The molecular weight excluding hydrogens is 248 g/mol. The standard InChI is InChI=1S/C13H18N2O4/c1-9(2)5-4-8-14-11-7-3-6-10(13(16)17)12(11)15(18)19/h3,6-7,9,14H,4-5,8H2,1-2H3,(H,16,17). The summed E-state index contributed by atoms with van der Waals surface area (Å²) in [5, 5.41) is 22.9. The van der Waals surface area contributed by atoms with Gasteiger partial charge in [-0.15, -0.1) is 0 Å². The molecule has 0 atom stereocenters. The molecule has 104 valence electrons. The number of carbonyl (C=O) groups is 1. The van der Waals surface area contributed by atoms with Crippen LogP contribution in [0.15, 0.2) is 18.2 Å². The molecule has 0 amide bonds. The van der Waals surface area contributed by atoms with E-state index in [9.17, 15) is 14.9 Å². The second kappa shape index (κ2) is 6.72. The van der Waals surface area contributed by atoms with Gasteiger partial charge in [0.05, 0.1) is 4.92 Å². The zero-order valence-electron chi connectivity index (χ0n) is 11.0. The minimum atomic E-state index is -1.29. The first-order chi connectivity index (χ1) is 8.93. The number of rotatable bonds is 7. The van der Waals surface area contributed by atoms with E-state index in [1.807, 2.05) is 0 Å². The highest BCUT2D eigenvalue weighted by molar-refractivity contribution is 5.95. The van der Waals surface area contributed by atoms with Gasteiger partial charge >= 0.3 is 11.7 Å². The van der Waals surface area contributed by atoms with Gasteiger partial charge in [0.1, 0.15) is 11.3 Å². The van der Waals surface area contributed by atoms with Gasteiger partial charge in [0.2, 0.25) is 0 Å². The molecule has 0 saturated carbocycles. The number of hydrogen-bond donors (Lipinski definition) is 2. The molecule has 0 radical (unpaired) electrons. The number of nitrogens with zero attached hydrogens (tertiary/aromatic N) is 1. The molecule has 0 aromatic heterocycles. The predicted molar refractivity (Wildman–Crippen MR) is 72.6 cm³/mol. The Kier molecular flexibility index (Phi) is 5.29. The van der Waals surface area contributed by atoms with Crippen LogP contribution in [0, 0.1) is 16.0 Å². The Morgan fingerprint density at radius 3 is 2.68 bits per heavy atom. The molecule has 1 aromatic carbocycles. The summed E-state index contributed by atoms with van der Waals surface area (Å²) in [6.07, 6.45) is 1.89. The number of nitrogens with one attached hydrogen (secondary N) is 1. The van der Waals surface area contributed by atoms with E-state index in [-0.39, 0.29) is 16.9 Å². The van der Waals surface area contributed by atoms with Crippen LogP contribution in [0.1, 0.15) is 37.0 Å². The third-order valence-corrected chi connectivity index (χ3v) is 2.72. The Morgan fingerprint density at radius 1 is 1.47 bits per heavy atom. The van der Waals surface area contributed by atoms with Crippen LogP contribution in [0.3, 0.4) is 0 Å². The number of para-hydroxylation sites is 1. The molecule has 0 fully saturated rings. The molecule has 1 rings (SSSR count). The minimum absolute atomic E-state index is 0.258. The van der Waals surface area contributed by atoms with Gasteiger partial charge in [-0.1, -0.05) is 19.9 Å². The van der Waals surface area contributed by atoms with Crippen molar-refractivity contribution >= 4 is 17.3 Å². The summed E-state index contributed by atoms with van der Waals surface area (Å²) in [4.78, 5) is 21.3. The van der Waals surface area contributed by atoms with E-state index >= 15 is 0 Å². The number of nitro benzene ring substituents is 1. The van der Waals surface area contributed by atoms with Crippen LogP contribution < -0.4 is 5.32 Å². The summed E-state index contributed by atoms with van der Waals surface area (Å²) < 4.78 is 0. The Bertz CT molecular complexity index is 472. The lowest BCUT2D eigenvalue weighted by Crippen LogP contribution is -2.09. The van der Waals surface area contributed by atoms with E-state index < -0.39 is 10.9 Å². The Hall–Kier alpha value is -2.11. The van der Waals surface area contributed by atoms with Crippen molar-refractivity contribution in [1.29, 1.82) is 0 Å². The first-order valence-electron chi connectivity index (χ1n) is 6.18. The molecule has 0 bridgehead atoms. The van der Waals surface area contributed by atoms with E-state index in [0.717, 1.165) is 12.8 Å². The number of anilines is 1. The van der Waals surface area contributed by atoms with Crippen molar-refractivity contribution in [3.63, 3.8) is 0 Å². The summed E-state index contributed by atoms with van der Waals surface area (Å²) in [6.45, 7) is 4.79. The normalized spacial score (nSPS) is 10.5. The Labute approximate surface area is 111 Å². The molecular formula is C13H18N2O4. The zero-order chi connectivity index (χ0) is 14.4. The smallest absolute Gasteiger partial charge is 0.342 e. The van der Waals surface area contributed by atoms with Crippen molar-refractivity contribution in [3.05, 3.63) is 33.9 Å². The molecule has 0 aliphatic rings. The monoisotopic (exact) mass is 266 g/mol. The molecule has 6 heteroatoms. The first kappa shape index (κ1) is 14.9. The molecule has 0 spiro atoms. The number of hydrogen-bond acceptors (Lipinski definition) is 4. The highest BCUT2D eigenvalue weighted by Crippen LogP contribution is 2.28. The topological polar surface area (TPSA) is 92.5 Å². The van der Waals surface area contributed by atoms with E-state index in [4.69, 9.17) is 5.11 Å². The average Bonchev–Trinajstić information content (AvgIpc) is 2.33. The highest BCUT2D eigenvalue weighted by Gasteiger charge is 2.23. The lowest BCUT2D eigenvalue weighted by Gasteiger charge is -2.09. The quantitative estimate of drug-likeness (QED) is 0.449. The van der Waals surface area contributed by atoms with Gasteiger partial charge in [-0.2, -0.15) is 0 Å². The van der Waals surface area contributed by atoms with Crippen LogP contribution in [-0.4, -0.2) is 22.5 Å². The lowest BCUT2D eigenvalue weighted by atomic mass is 10.1. The van der Waals surface area contributed by atoms with Gasteiger partial charge in [-0.25, -0.2) is 4.79 Å². The molecule has 0 saturated heterocycles. The maximum Gasteiger partial charge on any atom is 0.342 e. The van der Waals surface area contributed by atoms with Crippen LogP contribution in [-0.2, 0) is 0 Å². The third-order valence-electron chi connectivity index (χ3n) is 2.72. The molecule has 6 nitrogen and oxygen atoms in total. The number of benzene rings is 1. The number of nitro groups is 1. The number of carboxylic acid groups (broad SMARTS) is 1. The zero-order valence-corrected chi connectivity index (χ0v) is 11.0. The van der Waals surface area contributed by atoms with E-state index in [2.05, 4.69) is 19.2 Å². The van der Waals surface area contributed by atoms with Crippen molar-refractivity contribution in [2.75, 3.05) is 11.9 Å². The third kappa shape index (κ3) is 4.24. The van der Waals surface area contributed by atoms with Crippen molar-refractivity contribution < 1.29 is 14.8 Å². The molecule has 0 aliphatic carbocycles. The predicted octanol–water partition coefficient (Wildman–Crippen LogP) is 3.14. The van der Waals surface area contributed by atoms with Gasteiger partial charge in [0.25, 0.3) is 0 Å². The summed E-state index contributed by atoms with van der Waals surface area (Å²) in [5.74, 6) is -0.723. The lowest BCUT2D eigenvalue weighted by molar-refractivity contribution is -0.384.